The van der Waals surface area contributed by atoms with Gasteiger partial charge in [-0.15, -0.1) is 0 Å². The SMILES string of the molecule is O=C(NCCCc1ncc[nH]1)c1cccc2c1OCCN2. The minimum Gasteiger partial charge on any atom is -0.489 e. The number of hydrogen-bond acceptors (Lipinski definition) is 4. The van der Waals surface area contributed by atoms with Crippen molar-refractivity contribution in [2.75, 3.05) is 25.0 Å². The van der Waals surface area contributed by atoms with E-state index < -0.39 is 0 Å². The summed E-state index contributed by atoms with van der Waals surface area (Å²) in [5.41, 5.74) is 1.46. The van der Waals surface area contributed by atoms with E-state index in [2.05, 4.69) is 20.6 Å². The molecular formula is C15H18N4O2. The lowest BCUT2D eigenvalue weighted by Crippen LogP contribution is -2.27. The van der Waals surface area contributed by atoms with Crippen molar-refractivity contribution in [1.29, 1.82) is 0 Å². The number of para-hydroxylation sites is 1. The molecule has 1 amide bonds. The Morgan fingerprint density at radius 2 is 2.38 bits per heavy atom. The average Bonchev–Trinajstić information content (AvgIpc) is 3.04. The second kappa shape index (κ2) is 6.30. The summed E-state index contributed by atoms with van der Waals surface area (Å²) in [7, 11) is 0. The summed E-state index contributed by atoms with van der Waals surface area (Å²) >= 11 is 0. The van der Waals surface area contributed by atoms with Gasteiger partial charge in [-0.2, -0.15) is 0 Å². The number of aromatic amines is 1. The highest BCUT2D eigenvalue weighted by molar-refractivity contribution is 5.98. The van der Waals surface area contributed by atoms with Gasteiger partial charge in [-0.25, -0.2) is 4.98 Å². The van der Waals surface area contributed by atoms with E-state index in [0.29, 0.717) is 24.5 Å². The molecule has 3 rings (SSSR count). The maximum atomic E-state index is 12.2. The van der Waals surface area contributed by atoms with Crippen molar-refractivity contribution >= 4 is 11.6 Å². The molecule has 2 heterocycles. The number of imidazole rings is 1. The molecule has 0 radical (unpaired) electrons. The van der Waals surface area contributed by atoms with Gasteiger partial charge in [0.2, 0.25) is 0 Å². The molecule has 6 nitrogen and oxygen atoms in total. The molecule has 0 saturated carbocycles. The van der Waals surface area contributed by atoms with Crippen LogP contribution >= 0.6 is 0 Å². The van der Waals surface area contributed by atoms with Gasteiger partial charge in [-0.3, -0.25) is 4.79 Å². The fraction of sp³-hybridized carbons (Fsp3) is 0.333. The molecule has 0 saturated heterocycles. The molecule has 1 aromatic carbocycles. The summed E-state index contributed by atoms with van der Waals surface area (Å²) in [4.78, 5) is 19.4. The Hall–Kier alpha value is -2.50. The third-order valence-corrected chi connectivity index (χ3v) is 3.35. The van der Waals surface area contributed by atoms with E-state index >= 15 is 0 Å². The summed E-state index contributed by atoms with van der Waals surface area (Å²) in [6, 6.07) is 5.56. The monoisotopic (exact) mass is 286 g/mol. The molecule has 1 aliphatic heterocycles. The van der Waals surface area contributed by atoms with E-state index in [1.54, 1.807) is 18.5 Å². The van der Waals surface area contributed by atoms with E-state index in [1.807, 2.05) is 12.1 Å². The maximum Gasteiger partial charge on any atom is 0.255 e. The summed E-state index contributed by atoms with van der Waals surface area (Å²) in [5, 5.41) is 6.15. The molecule has 110 valence electrons. The van der Waals surface area contributed by atoms with Crippen molar-refractivity contribution < 1.29 is 9.53 Å². The van der Waals surface area contributed by atoms with Gasteiger partial charge >= 0.3 is 0 Å². The number of carbonyl (C=O) groups is 1. The standard InChI is InChI=1S/C15H18N4O2/c20-15(19-6-2-5-13-17-7-8-18-13)11-3-1-4-12-14(11)21-10-9-16-12/h1,3-4,7-8,16H,2,5-6,9-10H2,(H,17,18)(H,19,20). The van der Waals surface area contributed by atoms with Crippen molar-refractivity contribution in [1.82, 2.24) is 15.3 Å². The summed E-state index contributed by atoms with van der Waals surface area (Å²) in [6.45, 7) is 1.95. The lowest BCUT2D eigenvalue weighted by atomic mass is 10.1. The van der Waals surface area contributed by atoms with Crippen LogP contribution in [0, 0.1) is 0 Å². The highest BCUT2D eigenvalue weighted by atomic mass is 16.5. The Kier molecular flexibility index (Phi) is 4.04. The van der Waals surface area contributed by atoms with Gasteiger partial charge in [0.1, 0.15) is 12.4 Å². The topological polar surface area (TPSA) is 79.0 Å². The van der Waals surface area contributed by atoms with Crippen molar-refractivity contribution in [3.63, 3.8) is 0 Å². The minimum atomic E-state index is -0.102. The number of hydrogen-bond donors (Lipinski definition) is 3. The summed E-state index contributed by atoms with van der Waals surface area (Å²) < 4.78 is 5.60. The van der Waals surface area contributed by atoms with Crippen LogP contribution in [0.4, 0.5) is 5.69 Å². The van der Waals surface area contributed by atoms with E-state index in [1.165, 1.54) is 0 Å². The molecule has 0 fully saturated rings. The van der Waals surface area contributed by atoms with E-state index in [9.17, 15) is 4.79 Å². The molecule has 2 aromatic rings. The van der Waals surface area contributed by atoms with Gasteiger partial charge in [0, 0.05) is 31.9 Å². The quantitative estimate of drug-likeness (QED) is 0.729. The van der Waals surface area contributed by atoms with Crippen LogP contribution in [0.15, 0.2) is 30.6 Å². The number of ether oxygens (including phenoxy) is 1. The first-order chi connectivity index (χ1) is 10.3. The molecule has 1 aromatic heterocycles. The van der Waals surface area contributed by atoms with Crippen LogP contribution in [-0.2, 0) is 6.42 Å². The largest absolute Gasteiger partial charge is 0.489 e. The lowest BCUT2D eigenvalue weighted by molar-refractivity contribution is 0.0949. The maximum absolute atomic E-state index is 12.2. The van der Waals surface area contributed by atoms with Crippen molar-refractivity contribution in [2.24, 2.45) is 0 Å². The number of amides is 1. The first-order valence-electron chi connectivity index (χ1n) is 7.11. The van der Waals surface area contributed by atoms with Crippen LogP contribution in [0.5, 0.6) is 5.75 Å². The smallest absolute Gasteiger partial charge is 0.255 e. The number of fused-ring (bicyclic) bond motifs is 1. The second-order valence-corrected chi connectivity index (χ2v) is 4.85. The summed E-state index contributed by atoms with van der Waals surface area (Å²) in [5.74, 6) is 1.48. The molecule has 0 bridgehead atoms. The van der Waals surface area contributed by atoms with E-state index in [-0.39, 0.29) is 5.91 Å². The Morgan fingerprint density at radius 3 is 3.24 bits per heavy atom. The predicted octanol–water partition coefficient (Wildman–Crippen LogP) is 1.58. The Bertz CT molecular complexity index is 610. The van der Waals surface area contributed by atoms with E-state index in [4.69, 9.17) is 4.74 Å². The highest BCUT2D eigenvalue weighted by Gasteiger charge is 2.18. The molecule has 0 unspecified atom stereocenters. The van der Waals surface area contributed by atoms with Gasteiger partial charge in [-0.1, -0.05) is 6.07 Å². The number of H-pyrrole nitrogens is 1. The molecule has 3 N–H and O–H groups in total. The second-order valence-electron chi connectivity index (χ2n) is 4.85. The zero-order valence-electron chi connectivity index (χ0n) is 11.7. The van der Waals surface area contributed by atoms with Crippen LogP contribution in [-0.4, -0.2) is 35.6 Å². The molecule has 21 heavy (non-hydrogen) atoms. The third kappa shape index (κ3) is 3.16. The van der Waals surface area contributed by atoms with Gasteiger partial charge in [-0.05, 0) is 18.6 Å². The van der Waals surface area contributed by atoms with Crippen molar-refractivity contribution in [3.8, 4) is 5.75 Å². The number of aromatic nitrogens is 2. The summed E-state index contributed by atoms with van der Waals surface area (Å²) in [6.07, 6.45) is 5.19. The fourth-order valence-electron chi connectivity index (χ4n) is 2.34. The molecule has 0 atom stereocenters. The Labute approximate surface area is 122 Å². The van der Waals surface area contributed by atoms with Crippen molar-refractivity contribution in [2.45, 2.75) is 12.8 Å². The number of aryl methyl sites for hydroxylation is 1. The molecule has 1 aliphatic rings. The highest BCUT2D eigenvalue weighted by Crippen LogP contribution is 2.30. The van der Waals surface area contributed by atoms with Gasteiger partial charge in [0.15, 0.2) is 5.75 Å². The fourth-order valence-corrected chi connectivity index (χ4v) is 2.34. The first kappa shape index (κ1) is 13.5. The van der Waals surface area contributed by atoms with Crippen LogP contribution in [0.25, 0.3) is 0 Å². The number of rotatable bonds is 5. The zero-order chi connectivity index (χ0) is 14.5. The Balaban J connectivity index is 1.56. The first-order valence-corrected chi connectivity index (χ1v) is 7.11. The number of nitrogens with one attached hydrogen (secondary N) is 3. The van der Waals surface area contributed by atoms with Gasteiger partial charge < -0.3 is 20.4 Å². The molecule has 0 spiro atoms. The predicted molar refractivity (Wildman–Crippen MR) is 79.7 cm³/mol. The van der Waals surface area contributed by atoms with Gasteiger partial charge in [0.25, 0.3) is 5.91 Å². The average molecular weight is 286 g/mol. The van der Waals surface area contributed by atoms with Crippen molar-refractivity contribution in [3.05, 3.63) is 42.0 Å². The number of carbonyl (C=O) groups excluding carboxylic acids is 1. The van der Waals surface area contributed by atoms with E-state index in [0.717, 1.165) is 30.9 Å². The zero-order valence-corrected chi connectivity index (χ0v) is 11.7. The number of anilines is 1. The normalized spacial score (nSPS) is 13.0. The van der Waals surface area contributed by atoms with Crippen LogP contribution < -0.4 is 15.4 Å². The molecular weight excluding hydrogens is 268 g/mol. The number of nitrogens with zero attached hydrogens (tertiary/aromatic N) is 1. The molecule has 0 aliphatic carbocycles. The van der Waals surface area contributed by atoms with Crippen LogP contribution in [0.1, 0.15) is 22.6 Å². The Morgan fingerprint density at radius 1 is 1.43 bits per heavy atom. The lowest BCUT2D eigenvalue weighted by Gasteiger charge is -2.21. The third-order valence-electron chi connectivity index (χ3n) is 3.35. The van der Waals surface area contributed by atoms with Gasteiger partial charge in [0.05, 0.1) is 11.3 Å². The molecule has 6 heteroatoms. The number of benzene rings is 1. The van der Waals surface area contributed by atoms with Crippen LogP contribution in [0.3, 0.4) is 0 Å². The minimum absolute atomic E-state index is 0.102. The van der Waals surface area contributed by atoms with Crippen LogP contribution in [0.2, 0.25) is 0 Å².